The fourth-order valence-electron chi connectivity index (χ4n) is 6.22. The zero-order chi connectivity index (χ0) is 47.4. The van der Waals surface area contributed by atoms with Gasteiger partial charge in [0, 0.05) is 13.1 Å². The Balaban J connectivity index is 1.82. The van der Waals surface area contributed by atoms with Crippen molar-refractivity contribution in [2.45, 2.75) is 144 Å². The first-order valence-corrected chi connectivity index (χ1v) is 22.6. The van der Waals surface area contributed by atoms with Crippen LogP contribution in [0, 0.1) is 10.8 Å². The van der Waals surface area contributed by atoms with Crippen LogP contribution in [0.3, 0.4) is 0 Å². The summed E-state index contributed by atoms with van der Waals surface area (Å²) in [5.74, 6) is -2.36. The van der Waals surface area contributed by atoms with Gasteiger partial charge in [-0.05, 0) is 102 Å². The molecule has 2 aromatic rings. The smallest absolute Gasteiger partial charge is 0.407 e. The Morgan fingerprint density at radius 2 is 0.812 bits per heavy atom. The molecular weight excluding hydrogens is 829 g/mol. The minimum absolute atomic E-state index is 0.0178. The molecule has 0 aliphatic heterocycles. The molecule has 358 valence electrons. The van der Waals surface area contributed by atoms with Crippen LogP contribution in [-0.4, -0.2) is 98.0 Å². The molecule has 0 saturated heterocycles. The van der Waals surface area contributed by atoms with Gasteiger partial charge in [-0.15, -0.1) is 0 Å². The number of benzene rings is 2. The molecule has 2 atom stereocenters. The number of carbonyl (C=O) groups excluding carboxylic acids is 6. The second-order valence-corrected chi connectivity index (χ2v) is 17.2. The second kappa shape index (κ2) is 29.8. The third-order valence-corrected chi connectivity index (χ3v) is 10.4. The Kier molecular flexibility index (Phi) is 25.4. The maximum atomic E-state index is 13.0. The van der Waals surface area contributed by atoms with Gasteiger partial charge in [0.1, 0.15) is 37.9 Å². The molecule has 2 aromatic carbocycles. The number of unbranched alkanes of at least 4 members (excludes halogenated alkanes) is 9. The molecule has 64 heavy (non-hydrogen) atoms. The van der Waals surface area contributed by atoms with E-state index < -0.39 is 59.1 Å². The van der Waals surface area contributed by atoms with Crippen LogP contribution in [0.1, 0.15) is 152 Å². The van der Waals surface area contributed by atoms with Crippen molar-refractivity contribution < 1.29 is 67.4 Å². The summed E-state index contributed by atoms with van der Waals surface area (Å²) >= 11 is 0. The highest BCUT2D eigenvalue weighted by atomic mass is 16.6. The molecular formula is C48H72N2O14. The molecule has 2 amide bonds. The Bertz CT molecular complexity index is 1590. The van der Waals surface area contributed by atoms with Crippen molar-refractivity contribution in [3.05, 3.63) is 59.7 Å². The lowest BCUT2D eigenvalue weighted by molar-refractivity contribution is -0.158. The minimum Gasteiger partial charge on any atom is -0.508 e. The quantitative estimate of drug-likeness (QED) is 0.0315. The van der Waals surface area contributed by atoms with E-state index >= 15 is 0 Å². The molecule has 16 heteroatoms. The number of rotatable bonds is 31. The first-order valence-electron chi connectivity index (χ1n) is 22.6. The van der Waals surface area contributed by atoms with E-state index in [9.17, 15) is 39.0 Å². The molecule has 2 unspecified atom stereocenters. The Labute approximate surface area is 378 Å². The number of hydrogen-bond donors (Lipinski definition) is 4. The summed E-state index contributed by atoms with van der Waals surface area (Å²) in [6.45, 7) is 10.6. The number of amides is 2. The first kappa shape index (κ1) is 54.6. The number of esters is 4. The number of phenols is 2. The number of carbonyl (C=O) groups is 6. The van der Waals surface area contributed by atoms with Crippen LogP contribution in [0.15, 0.2) is 48.5 Å². The minimum atomic E-state index is -1.09. The molecule has 16 nitrogen and oxygen atoms in total. The normalized spacial score (nSPS) is 12.3. The van der Waals surface area contributed by atoms with E-state index in [0.717, 1.165) is 51.4 Å². The van der Waals surface area contributed by atoms with E-state index in [4.69, 9.17) is 28.4 Å². The van der Waals surface area contributed by atoms with Gasteiger partial charge in [0.05, 0.1) is 22.0 Å². The van der Waals surface area contributed by atoms with Gasteiger partial charge in [-0.25, -0.2) is 19.2 Å². The fraction of sp³-hybridized carbons (Fsp3) is 0.625. The first-order chi connectivity index (χ1) is 30.5. The van der Waals surface area contributed by atoms with Crippen LogP contribution in [0.5, 0.6) is 11.5 Å². The molecule has 0 aliphatic rings. The molecule has 0 fully saturated rings. The van der Waals surface area contributed by atoms with E-state index in [2.05, 4.69) is 24.5 Å². The standard InChI is InChI=1S/C48H72N2O14/c1-7-9-11-15-27-47(3,4)43(55)61-33-39(31-59-41(53)35-19-23-37(51)24-20-35)63-45(57)49-29-17-13-14-18-30-50-46(58)64-40(32-60-42(54)36-21-25-38(52)26-22-36)34-62-44(56)48(5,6)28-16-12-10-8-2/h19-26,39-40,51-52H,7-18,27-34H2,1-6H3,(H,49,57)(H,50,58). The van der Waals surface area contributed by atoms with E-state index in [0.29, 0.717) is 38.5 Å². The Morgan fingerprint density at radius 3 is 1.16 bits per heavy atom. The molecule has 0 radical (unpaired) electrons. The van der Waals surface area contributed by atoms with Crippen molar-refractivity contribution in [1.82, 2.24) is 10.6 Å². The summed E-state index contributed by atoms with van der Waals surface area (Å²) in [6, 6.07) is 10.9. The van der Waals surface area contributed by atoms with E-state index in [1.54, 1.807) is 27.7 Å². The molecule has 0 bridgehead atoms. The van der Waals surface area contributed by atoms with E-state index in [-0.39, 0.29) is 62.1 Å². The van der Waals surface area contributed by atoms with Gasteiger partial charge < -0.3 is 49.3 Å². The SMILES string of the molecule is CCCCCCC(C)(C)C(=O)OCC(COC(=O)c1ccc(O)cc1)OC(=O)NCCCCCCNC(=O)OC(COC(=O)c1ccc(O)cc1)COC(=O)C(C)(C)CCCCCC. The van der Waals surface area contributed by atoms with Crippen LogP contribution in [-0.2, 0) is 38.0 Å². The molecule has 0 saturated carbocycles. The van der Waals surface area contributed by atoms with Crippen molar-refractivity contribution in [1.29, 1.82) is 0 Å². The lowest BCUT2D eigenvalue weighted by Crippen LogP contribution is -2.37. The topological polar surface area (TPSA) is 222 Å². The molecule has 4 N–H and O–H groups in total. The number of phenolic OH excluding ortho intramolecular Hbond substituents is 2. The van der Waals surface area contributed by atoms with Crippen molar-refractivity contribution in [3.63, 3.8) is 0 Å². The monoisotopic (exact) mass is 900 g/mol. The zero-order valence-electron chi connectivity index (χ0n) is 38.7. The highest BCUT2D eigenvalue weighted by molar-refractivity contribution is 5.90. The average molecular weight is 901 g/mol. The van der Waals surface area contributed by atoms with Crippen molar-refractivity contribution in [3.8, 4) is 11.5 Å². The fourth-order valence-corrected chi connectivity index (χ4v) is 6.22. The highest BCUT2D eigenvalue weighted by Crippen LogP contribution is 2.27. The predicted octanol–water partition coefficient (Wildman–Crippen LogP) is 8.94. The lowest BCUT2D eigenvalue weighted by Gasteiger charge is -2.24. The molecule has 2 rings (SSSR count). The van der Waals surface area contributed by atoms with E-state index in [1.165, 1.54) is 48.5 Å². The summed E-state index contributed by atoms with van der Waals surface area (Å²) < 4.78 is 32.8. The van der Waals surface area contributed by atoms with Gasteiger partial charge in [0.2, 0.25) is 0 Å². The molecule has 0 aliphatic carbocycles. The third-order valence-electron chi connectivity index (χ3n) is 10.4. The maximum absolute atomic E-state index is 13.0. The highest BCUT2D eigenvalue weighted by Gasteiger charge is 2.32. The lowest BCUT2D eigenvalue weighted by atomic mass is 9.87. The predicted molar refractivity (Wildman–Crippen MR) is 239 cm³/mol. The molecule has 0 spiro atoms. The van der Waals surface area contributed by atoms with Crippen molar-refractivity contribution >= 4 is 36.1 Å². The van der Waals surface area contributed by atoms with Gasteiger partial charge in [0.25, 0.3) is 0 Å². The van der Waals surface area contributed by atoms with Gasteiger partial charge in [-0.3, -0.25) is 9.59 Å². The summed E-state index contributed by atoms with van der Waals surface area (Å²) in [6.07, 6.45) is 8.10. The Morgan fingerprint density at radius 1 is 0.484 bits per heavy atom. The molecule has 0 heterocycles. The van der Waals surface area contributed by atoms with Crippen LogP contribution in [0.4, 0.5) is 9.59 Å². The zero-order valence-corrected chi connectivity index (χ0v) is 38.7. The summed E-state index contributed by atoms with van der Waals surface area (Å²) in [5.41, 5.74) is -1.15. The van der Waals surface area contributed by atoms with Gasteiger partial charge in [0.15, 0.2) is 12.2 Å². The van der Waals surface area contributed by atoms with E-state index in [1.807, 2.05) is 0 Å². The number of aromatic hydroxyl groups is 2. The van der Waals surface area contributed by atoms with Gasteiger partial charge in [-0.2, -0.15) is 0 Å². The Hall–Kier alpha value is -5.54. The third kappa shape index (κ3) is 22.7. The van der Waals surface area contributed by atoms with Crippen LogP contribution >= 0.6 is 0 Å². The molecule has 0 aromatic heterocycles. The number of hydrogen-bond acceptors (Lipinski definition) is 14. The van der Waals surface area contributed by atoms with Crippen molar-refractivity contribution in [2.75, 3.05) is 39.5 Å². The maximum Gasteiger partial charge on any atom is 0.407 e. The van der Waals surface area contributed by atoms with Crippen LogP contribution in [0.2, 0.25) is 0 Å². The summed E-state index contributed by atoms with van der Waals surface area (Å²) in [5, 5.41) is 24.4. The van der Waals surface area contributed by atoms with Crippen molar-refractivity contribution in [2.24, 2.45) is 10.8 Å². The number of ether oxygens (including phenoxy) is 6. The van der Waals surface area contributed by atoms with Gasteiger partial charge in [-0.1, -0.05) is 78.1 Å². The average Bonchev–Trinajstić information content (AvgIpc) is 3.26. The second-order valence-electron chi connectivity index (χ2n) is 17.2. The number of alkyl carbamates (subject to hydrolysis) is 2. The number of nitrogens with one attached hydrogen (secondary N) is 2. The van der Waals surface area contributed by atoms with Crippen LogP contribution in [0.25, 0.3) is 0 Å². The summed E-state index contributed by atoms with van der Waals surface area (Å²) in [7, 11) is 0. The summed E-state index contributed by atoms with van der Waals surface area (Å²) in [4.78, 5) is 76.6. The van der Waals surface area contributed by atoms with Gasteiger partial charge >= 0.3 is 36.1 Å². The van der Waals surface area contributed by atoms with Crippen LogP contribution < -0.4 is 10.6 Å². The largest absolute Gasteiger partial charge is 0.508 e.